The Morgan fingerprint density at radius 1 is 1.23 bits per heavy atom. The fourth-order valence-electron chi connectivity index (χ4n) is 4.14. The second-order valence-electron chi connectivity index (χ2n) is 8.08. The molecule has 178 valence electrons. The molecule has 4 heterocycles. The van der Waals surface area contributed by atoms with Crippen LogP contribution in [0.1, 0.15) is 24.6 Å². The molecule has 1 fully saturated rings. The van der Waals surface area contributed by atoms with Gasteiger partial charge in [-0.2, -0.15) is 10.4 Å². The van der Waals surface area contributed by atoms with Crippen molar-refractivity contribution in [2.45, 2.75) is 25.1 Å². The number of nitrogens with zero attached hydrogens (tertiary/aromatic N) is 5. The summed E-state index contributed by atoms with van der Waals surface area (Å²) in [5.41, 5.74) is 9.01. The van der Waals surface area contributed by atoms with E-state index in [4.69, 9.17) is 43.7 Å². The van der Waals surface area contributed by atoms with E-state index in [1.54, 1.807) is 19.4 Å². The maximum atomic E-state index is 8.99. The van der Waals surface area contributed by atoms with Crippen molar-refractivity contribution >= 4 is 39.9 Å². The van der Waals surface area contributed by atoms with Gasteiger partial charge < -0.3 is 14.4 Å². The molecule has 1 saturated heterocycles. The van der Waals surface area contributed by atoms with Crippen LogP contribution in [0.3, 0.4) is 0 Å². The van der Waals surface area contributed by atoms with Gasteiger partial charge in [0, 0.05) is 53.8 Å². The van der Waals surface area contributed by atoms with E-state index in [9.17, 15) is 0 Å². The van der Waals surface area contributed by atoms with Crippen molar-refractivity contribution in [1.82, 2.24) is 20.2 Å². The number of aromatic amines is 1. The molecule has 1 aliphatic heterocycles. The van der Waals surface area contributed by atoms with E-state index < -0.39 is 6.23 Å². The lowest BCUT2D eigenvalue weighted by atomic mass is 10.0. The first kappa shape index (κ1) is 23.2. The molecule has 0 saturated carbocycles. The van der Waals surface area contributed by atoms with Crippen LogP contribution in [0.25, 0.3) is 22.2 Å². The van der Waals surface area contributed by atoms with Gasteiger partial charge in [0.05, 0.1) is 35.2 Å². The SMILES string of the molecule is COc1cc2[nH]nc(-c3ccc(N4CC[C@H]4CC#N)nc3)c2cc1O[C@H](N)c1c(Cl)cncc1Cl. The van der Waals surface area contributed by atoms with Crippen LogP contribution in [0.5, 0.6) is 11.5 Å². The Hall–Kier alpha value is -3.58. The van der Waals surface area contributed by atoms with Gasteiger partial charge >= 0.3 is 0 Å². The normalized spacial score (nSPS) is 16.0. The maximum Gasteiger partial charge on any atom is 0.177 e. The molecular weight excluding hydrogens is 489 g/mol. The highest BCUT2D eigenvalue weighted by molar-refractivity contribution is 6.35. The molecule has 1 aliphatic rings. The zero-order chi connectivity index (χ0) is 24.5. The Labute approximate surface area is 211 Å². The van der Waals surface area contributed by atoms with Crippen molar-refractivity contribution in [3.8, 4) is 28.8 Å². The predicted octanol–water partition coefficient (Wildman–Crippen LogP) is 4.86. The summed E-state index contributed by atoms with van der Waals surface area (Å²) in [5, 5.41) is 17.9. The molecule has 0 aliphatic carbocycles. The Morgan fingerprint density at radius 2 is 2.03 bits per heavy atom. The standard InChI is InChI=1S/C24H21Cl2N7O2/c1-34-19-9-18-15(8-20(19)35-24(28)22-16(25)11-29-12-17(22)26)23(32-31-18)13-2-3-21(30-10-13)33-7-5-14(33)4-6-27/h2-3,8-12,14,24H,4-5,7,28H2,1H3,(H,31,32)/t14-,24+/m1/s1. The zero-order valence-electron chi connectivity index (χ0n) is 18.7. The third-order valence-electron chi connectivity index (χ3n) is 6.06. The number of benzene rings is 1. The average molecular weight is 510 g/mol. The van der Waals surface area contributed by atoms with Crippen LogP contribution in [-0.2, 0) is 0 Å². The van der Waals surface area contributed by atoms with Gasteiger partial charge in [-0.15, -0.1) is 0 Å². The van der Waals surface area contributed by atoms with Gasteiger partial charge in [-0.05, 0) is 24.6 Å². The third-order valence-corrected chi connectivity index (χ3v) is 6.66. The minimum Gasteiger partial charge on any atom is -0.493 e. The number of nitriles is 1. The van der Waals surface area contributed by atoms with E-state index in [-0.39, 0.29) is 6.04 Å². The first-order chi connectivity index (χ1) is 17.0. The lowest BCUT2D eigenvalue weighted by molar-refractivity contribution is 0.204. The van der Waals surface area contributed by atoms with E-state index in [2.05, 4.69) is 31.1 Å². The molecule has 0 radical (unpaired) electrons. The number of H-pyrrole nitrogens is 1. The monoisotopic (exact) mass is 509 g/mol. The number of aromatic nitrogens is 4. The van der Waals surface area contributed by atoms with Crippen LogP contribution < -0.4 is 20.1 Å². The second kappa shape index (κ2) is 9.58. The maximum absolute atomic E-state index is 8.99. The van der Waals surface area contributed by atoms with Crippen LogP contribution >= 0.6 is 23.2 Å². The number of hydrogen-bond donors (Lipinski definition) is 2. The number of nitrogens with one attached hydrogen (secondary N) is 1. The first-order valence-electron chi connectivity index (χ1n) is 10.9. The highest BCUT2D eigenvalue weighted by Gasteiger charge is 2.28. The summed E-state index contributed by atoms with van der Waals surface area (Å²) in [6.45, 7) is 0.899. The van der Waals surface area contributed by atoms with Crippen LogP contribution in [0.4, 0.5) is 5.82 Å². The summed E-state index contributed by atoms with van der Waals surface area (Å²) >= 11 is 12.5. The van der Waals surface area contributed by atoms with Crippen molar-refractivity contribution in [3.05, 3.63) is 58.5 Å². The van der Waals surface area contributed by atoms with Crippen molar-refractivity contribution in [1.29, 1.82) is 5.26 Å². The van der Waals surface area contributed by atoms with Crippen molar-refractivity contribution in [2.75, 3.05) is 18.6 Å². The van der Waals surface area contributed by atoms with Gasteiger partial charge in [0.25, 0.3) is 0 Å². The average Bonchev–Trinajstić information content (AvgIpc) is 3.24. The Balaban J connectivity index is 1.46. The topological polar surface area (TPSA) is 126 Å². The number of rotatable bonds is 7. The van der Waals surface area contributed by atoms with Crippen LogP contribution in [-0.4, -0.2) is 39.9 Å². The number of hydrogen-bond acceptors (Lipinski definition) is 8. The van der Waals surface area contributed by atoms with E-state index in [0.29, 0.717) is 39.2 Å². The highest BCUT2D eigenvalue weighted by Crippen LogP contribution is 2.39. The van der Waals surface area contributed by atoms with Gasteiger partial charge in [0.1, 0.15) is 11.5 Å². The molecule has 1 aromatic carbocycles. The fourth-order valence-corrected chi connectivity index (χ4v) is 4.72. The number of ether oxygens (including phenoxy) is 2. The number of fused-ring (bicyclic) bond motifs is 1. The summed E-state index contributed by atoms with van der Waals surface area (Å²) in [5.74, 6) is 1.73. The van der Waals surface area contributed by atoms with E-state index in [1.165, 1.54) is 12.4 Å². The molecule has 4 aromatic rings. The van der Waals surface area contributed by atoms with Crippen LogP contribution in [0.2, 0.25) is 10.0 Å². The molecule has 0 bridgehead atoms. The number of methoxy groups -OCH3 is 1. The smallest absolute Gasteiger partial charge is 0.177 e. The molecule has 5 rings (SSSR count). The van der Waals surface area contributed by atoms with Gasteiger partial charge in [-0.3, -0.25) is 15.8 Å². The Morgan fingerprint density at radius 3 is 2.66 bits per heavy atom. The Bertz CT molecular complexity index is 1400. The Kier molecular flexibility index (Phi) is 6.34. The largest absolute Gasteiger partial charge is 0.493 e. The molecule has 3 N–H and O–H groups in total. The summed E-state index contributed by atoms with van der Waals surface area (Å²) in [4.78, 5) is 10.7. The molecule has 11 heteroatoms. The minimum atomic E-state index is -0.946. The highest BCUT2D eigenvalue weighted by atomic mass is 35.5. The summed E-state index contributed by atoms with van der Waals surface area (Å²) in [6, 6.07) is 9.97. The summed E-state index contributed by atoms with van der Waals surface area (Å²) in [7, 11) is 1.54. The van der Waals surface area contributed by atoms with Crippen LogP contribution in [0.15, 0.2) is 42.9 Å². The molecule has 9 nitrogen and oxygen atoms in total. The molecular formula is C24H21Cl2N7O2. The molecule has 2 atom stereocenters. The summed E-state index contributed by atoms with van der Waals surface area (Å²) < 4.78 is 11.5. The second-order valence-corrected chi connectivity index (χ2v) is 8.89. The predicted molar refractivity (Wildman–Crippen MR) is 134 cm³/mol. The molecule has 0 unspecified atom stereocenters. The molecule has 0 spiro atoms. The van der Waals surface area contributed by atoms with Gasteiger partial charge in [-0.1, -0.05) is 23.2 Å². The van der Waals surface area contributed by atoms with Crippen molar-refractivity contribution in [3.63, 3.8) is 0 Å². The number of anilines is 1. The van der Waals surface area contributed by atoms with E-state index in [0.717, 1.165) is 35.2 Å². The van der Waals surface area contributed by atoms with Gasteiger partial charge in [0.2, 0.25) is 0 Å². The lowest BCUT2D eigenvalue weighted by Crippen LogP contribution is -2.48. The number of nitrogens with two attached hydrogens (primary N) is 1. The number of pyridine rings is 2. The van der Waals surface area contributed by atoms with E-state index in [1.807, 2.05) is 18.2 Å². The molecule has 3 aromatic heterocycles. The third kappa shape index (κ3) is 4.32. The van der Waals surface area contributed by atoms with Gasteiger partial charge in [0.15, 0.2) is 17.7 Å². The molecule has 35 heavy (non-hydrogen) atoms. The van der Waals surface area contributed by atoms with Crippen LogP contribution in [0, 0.1) is 11.3 Å². The molecule has 0 amide bonds. The van der Waals surface area contributed by atoms with Gasteiger partial charge in [-0.25, -0.2) is 4.98 Å². The minimum absolute atomic E-state index is 0.225. The fraction of sp³-hybridized carbons (Fsp3) is 0.250. The number of halogens is 2. The van der Waals surface area contributed by atoms with Crippen molar-refractivity contribution in [2.24, 2.45) is 5.73 Å². The van der Waals surface area contributed by atoms with Crippen molar-refractivity contribution < 1.29 is 9.47 Å². The zero-order valence-corrected chi connectivity index (χ0v) is 20.2. The summed E-state index contributed by atoms with van der Waals surface area (Å²) in [6.07, 6.45) is 5.25. The quantitative estimate of drug-likeness (QED) is 0.338. The first-order valence-corrected chi connectivity index (χ1v) is 11.6. The lowest BCUT2D eigenvalue weighted by Gasteiger charge is -2.40. The van der Waals surface area contributed by atoms with E-state index >= 15 is 0 Å².